The molecule has 0 bridgehead atoms. The molecule has 9 heteroatoms. The van der Waals surface area contributed by atoms with Crippen molar-refractivity contribution in [2.75, 3.05) is 13.2 Å². The lowest BCUT2D eigenvalue weighted by molar-refractivity contribution is -0.161. The Bertz CT molecular complexity index is 797. The van der Waals surface area contributed by atoms with Gasteiger partial charge in [0.1, 0.15) is 6.61 Å². The van der Waals surface area contributed by atoms with Gasteiger partial charge in [-0.15, -0.1) is 0 Å². The van der Waals surface area contributed by atoms with Crippen LogP contribution in [0.1, 0.15) is 206 Å². The molecule has 1 atom stereocenters. The van der Waals surface area contributed by atoms with Crippen molar-refractivity contribution in [1.82, 2.24) is 0 Å². The summed E-state index contributed by atoms with van der Waals surface area (Å²) >= 11 is 0. The highest BCUT2D eigenvalue weighted by atomic mass is 31.2. The number of phosphoric ester groups is 1. The first-order chi connectivity index (χ1) is 23.3. The molecule has 0 radical (unpaired) electrons. The standard InChI is InChI=1S/C39H75O8P/c1-3-5-7-9-11-13-14-15-16-17-18-19-20-21-22-23-24-26-27-29-31-33-38(40)45-35-37(36-46-48(42,43)44)47-39(41)34-32-30-28-25-12-10-8-6-4-2/h15-16,37H,3-14,17-36H2,1-2H3,(H2,42,43,44)/b16-15+/t37-/m1/s1. The fraction of sp³-hybridized carbons (Fsp3) is 0.897. The lowest BCUT2D eigenvalue weighted by atomic mass is 10.0. The Labute approximate surface area is 295 Å². The van der Waals surface area contributed by atoms with Gasteiger partial charge in [0.15, 0.2) is 6.10 Å². The summed E-state index contributed by atoms with van der Waals surface area (Å²) in [7, 11) is -4.74. The van der Waals surface area contributed by atoms with Crippen LogP contribution in [0.3, 0.4) is 0 Å². The number of ether oxygens (including phenoxy) is 2. The van der Waals surface area contributed by atoms with E-state index in [9.17, 15) is 14.2 Å². The zero-order chi connectivity index (χ0) is 35.4. The first-order valence-electron chi connectivity index (χ1n) is 20.0. The zero-order valence-electron chi connectivity index (χ0n) is 31.2. The van der Waals surface area contributed by atoms with Crippen molar-refractivity contribution >= 4 is 19.8 Å². The van der Waals surface area contributed by atoms with Gasteiger partial charge in [0.25, 0.3) is 0 Å². The van der Waals surface area contributed by atoms with Crippen molar-refractivity contribution in [2.24, 2.45) is 0 Å². The molecule has 0 spiro atoms. The van der Waals surface area contributed by atoms with Crippen LogP contribution in [-0.2, 0) is 28.2 Å². The number of esters is 2. The summed E-state index contributed by atoms with van der Waals surface area (Å²) in [6.45, 7) is 3.66. The second-order valence-electron chi connectivity index (χ2n) is 13.6. The van der Waals surface area contributed by atoms with E-state index >= 15 is 0 Å². The molecule has 0 aromatic heterocycles. The average Bonchev–Trinajstić information content (AvgIpc) is 3.05. The van der Waals surface area contributed by atoms with E-state index in [1.165, 1.54) is 135 Å². The lowest BCUT2D eigenvalue weighted by Gasteiger charge is -2.18. The topological polar surface area (TPSA) is 119 Å². The van der Waals surface area contributed by atoms with Crippen LogP contribution in [-0.4, -0.2) is 41.0 Å². The molecule has 284 valence electrons. The summed E-state index contributed by atoms with van der Waals surface area (Å²) in [6, 6.07) is 0. The Balaban J connectivity index is 3.81. The highest BCUT2D eigenvalue weighted by molar-refractivity contribution is 7.46. The van der Waals surface area contributed by atoms with Gasteiger partial charge in [-0.3, -0.25) is 14.1 Å². The highest BCUT2D eigenvalue weighted by Gasteiger charge is 2.22. The summed E-state index contributed by atoms with van der Waals surface area (Å²) in [5.41, 5.74) is 0. The maximum Gasteiger partial charge on any atom is 0.469 e. The zero-order valence-corrected chi connectivity index (χ0v) is 32.0. The van der Waals surface area contributed by atoms with E-state index in [0.29, 0.717) is 6.42 Å². The number of hydrogen-bond acceptors (Lipinski definition) is 6. The molecule has 0 aromatic rings. The summed E-state index contributed by atoms with van der Waals surface area (Å²) in [4.78, 5) is 42.6. The number of phosphoric acid groups is 1. The van der Waals surface area contributed by atoms with Gasteiger partial charge in [0.2, 0.25) is 0 Å². The SMILES string of the molecule is CCCCCCCC/C=C/CCCCCCCCCCCCCC(=O)OC[C@H](COP(=O)(O)O)OC(=O)CCCCCCCCCCC. The summed E-state index contributed by atoms with van der Waals surface area (Å²) in [5, 5.41) is 0. The highest BCUT2D eigenvalue weighted by Crippen LogP contribution is 2.36. The Kier molecular flexibility index (Phi) is 34.7. The Morgan fingerprint density at radius 2 is 0.875 bits per heavy atom. The van der Waals surface area contributed by atoms with Crippen LogP contribution < -0.4 is 0 Å². The van der Waals surface area contributed by atoms with Crippen molar-refractivity contribution in [3.05, 3.63) is 12.2 Å². The predicted octanol–water partition coefficient (Wildman–Crippen LogP) is 11.8. The monoisotopic (exact) mass is 703 g/mol. The Morgan fingerprint density at radius 3 is 1.27 bits per heavy atom. The maximum absolute atomic E-state index is 12.3. The predicted molar refractivity (Wildman–Crippen MR) is 198 cm³/mol. The van der Waals surface area contributed by atoms with Crippen LogP contribution in [0.25, 0.3) is 0 Å². The van der Waals surface area contributed by atoms with Gasteiger partial charge in [-0.1, -0.05) is 167 Å². The molecule has 8 nitrogen and oxygen atoms in total. The van der Waals surface area contributed by atoms with Gasteiger partial charge in [-0.2, -0.15) is 0 Å². The van der Waals surface area contributed by atoms with Gasteiger partial charge in [-0.25, -0.2) is 4.57 Å². The van der Waals surface area contributed by atoms with Crippen molar-refractivity contribution in [2.45, 2.75) is 213 Å². The van der Waals surface area contributed by atoms with Gasteiger partial charge < -0.3 is 19.3 Å². The number of allylic oxidation sites excluding steroid dienone is 2. The van der Waals surface area contributed by atoms with E-state index in [-0.39, 0.29) is 19.4 Å². The smallest absolute Gasteiger partial charge is 0.462 e. The van der Waals surface area contributed by atoms with Crippen LogP contribution in [0.2, 0.25) is 0 Å². The molecule has 0 aliphatic rings. The number of hydrogen-bond donors (Lipinski definition) is 2. The molecule has 0 unspecified atom stereocenters. The molecule has 0 rings (SSSR count). The summed E-state index contributed by atoms with van der Waals surface area (Å²) < 4.78 is 26.3. The fourth-order valence-corrected chi connectivity index (χ4v) is 6.14. The third kappa shape index (κ3) is 37.6. The summed E-state index contributed by atoms with van der Waals surface area (Å²) in [5.74, 6) is -0.880. The Morgan fingerprint density at radius 1 is 0.521 bits per heavy atom. The molecule has 0 fully saturated rings. The Hall–Kier alpha value is -1.21. The molecular formula is C39H75O8P. The average molecular weight is 703 g/mol. The fourth-order valence-electron chi connectivity index (χ4n) is 5.78. The second-order valence-corrected chi connectivity index (χ2v) is 14.9. The quantitative estimate of drug-likeness (QED) is 0.0284. The third-order valence-corrected chi connectivity index (χ3v) is 9.27. The first kappa shape index (κ1) is 46.8. The van der Waals surface area contributed by atoms with Gasteiger partial charge in [-0.05, 0) is 38.5 Å². The van der Waals surface area contributed by atoms with Crippen LogP contribution in [0.5, 0.6) is 0 Å². The van der Waals surface area contributed by atoms with E-state index in [1.54, 1.807) is 0 Å². The van der Waals surface area contributed by atoms with E-state index in [4.69, 9.17) is 19.3 Å². The van der Waals surface area contributed by atoms with Gasteiger partial charge in [0.05, 0.1) is 6.61 Å². The number of carbonyl (C=O) groups excluding carboxylic acids is 2. The van der Waals surface area contributed by atoms with Crippen LogP contribution >= 0.6 is 7.82 Å². The minimum absolute atomic E-state index is 0.216. The minimum Gasteiger partial charge on any atom is -0.462 e. The largest absolute Gasteiger partial charge is 0.469 e. The van der Waals surface area contributed by atoms with Crippen molar-refractivity contribution in [3.8, 4) is 0 Å². The van der Waals surface area contributed by atoms with Gasteiger partial charge >= 0.3 is 19.8 Å². The van der Waals surface area contributed by atoms with Crippen LogP contribution in [0, 0.1) is 0 Å². The minimum atomic E-state index is -4.74. The van der Waals surface area contributed by atoms with Crippen molar-refractivity contribution in [3.63, 3.8) is 0 Å². The molecule has 48 heavy (non-hydrogen) atoms. The maximum atomic E-state index is 12.3. The number of rotatable bonds is 37. The molecule has 0 aromatic carbocycles. The lowest BCUT2D eigenvalue weighted by Crippen LogP contribution is -2.29. The molecule has 0 amide bonds. The molecule has 2 N–H and O–H groups in total. The number of carbonyl (C=O) groups is 2. The van der Waals surface area contributed by atoms with Crippen molar-refractivity contribution in [1.29, 1.82) is 0 Å². The van der Waals surface area contributed by atoms with E-state index in [2.05, 4.69) is 30.5 Å². The number of unbranched alkanes of at least 4 members (excludes halogenated alkanes) is 25. The second kappa shape index (κ2) is 35.6. The van der Waals surface area contributed by atoms with E-state index in [0.717, 1.165) is 38.5 Å². The van der Waals surface area contributed by atoms with Gasteiger partial charge in [0, 0.05) is 12.8 Å². The molecule has 0 aliphatic carbocycles. The molecule has 0 saturated heterocycles. The molecule has 0 saturated carbocycles. The van der Waals surface area contributed by atoms with Crippen LogP contribution in [0.15, 0.2) is 12.2 Å². The van der Waals surface area contributed by atoms with Crippen molar-refractivity contribution < 1.29 is 37.9 Å². The summed E-state index contributed by atoms with van der Waals surface area (Å²) in [6.07, 6.45) is 38.1. The van der Waals surface area contributed by atoms with Crippen LogP contribution in [0.4, 0.5) is 0 Å². The first-order valence-corrected chi connectivity index (χ1v) is 21.5. The normalized spacial score (nSPS) is 12.5. The van der Waals surface area contributed by atoms with E-state index in [1.807, 2.05) is 0 Å². The molecule has 0 heterocycles. The molecule has 0 aliphatic heterocycles. The van der Waals surface area contributed by atoms with E-state index < -0.39 is 32.5 Å². The third-order valence-electron chi connectivity index (χ3n) is 8.78. The molecular weight excluding hydrogens is 627 g/mol.